The van der Waals surface area contributed by atoms with Crippen molar-refractivity contribution in [3.05, 3.63) is 67.1 Å². The number of hydrogen-bond acceptors (Lipinski definition) is 7. The van der Waals surface area contributed by atoms with Crippen LogP contribution in [0.15, 0.2) is 61.4 Å². The van der Waals surface area contributed by atoms with Crippen LogP contribution in [-0.2, 0) is 11.3 Å². The van der Waals surface area contributed by atoms with Crippen molar-refractivity contribution in [2.75, 3.05) is 12.3 Å². The number of fused-ring (bicyclic) bond motifs is 3. The van der Waals surface area contributed by atoms with E-state index in [1.54, 1.807) is 24.3 Å². The second kappa shape index (κ2) is 8.85. The Bertz CT molecular complexity index is 1510. The monoisotopic (exact) mass is 467 g/mol. The number of aromatic hydroxyl groups is 1. The van der Waals surface area contributed by atoms with E-state index in [2.05, 4.69) is 33.7 Å². The highest BCUT2D eigenvalue weighted by molar-refractivity contribution is 6.07. The summed E-state index contributed by atoms with van der Waals surface area (Å²) in [5, 5.41) is 21.8. The van der Waals surface area contributed by atoms with Gasteiger partial charge < -0.3 is 30.6 Å². The average Bonchev–Trinajstić information content (AvgIpc) is 3.35. The molecule has 1 atom stereocenters. The topological polar surface area (TPSA) is 136 Å². The van der Waals surface area contributed by atoms with E-state index in [0.29, 0.717) is 40.5 Å². The molecule has 0 bridgehead atoms. The molecule has 35 heavy (non-hydrogen) atoms. The van der Waals surface area contributed by atoms with E-state index in [-0.39, 0.29) is 11.8 Å². The summed E-state index contributed by atoms with van der Waals surface area (Å²) in [6, 6.07) is 13.6. The minimum Gasteiger partial charge on any atom is -0.508 e. The molecule has 0 saturated carbocycles. The maximum atomic E-state index is 12.1. The highest BCUT2D eigenvalue weighted by atomic mass is 16.5. The number of hydrogen-bond donors (Lipinski definition) is 4. The fourth-order valence-electron chi connectivity index (χ4n) is 4.23. The molecule has 0 fully saturated rings. The Labute approximate surface area is 200 Å². The molecule has 1 aliphatic rings. The van der Waals surface area contributed by atoms with E-state index in [9.17, 15) is 9.90 Å². The number of ether oxygens (including phenoxy) is 1. The molecule has 4 aromatic rings. The number of nitrogens with one attached hydrogen (secondary N) is 1. The van der Waals surface area contributed by atoms with Crippen LogP contribution in [0.25, 0.3) is 27.7 Å². The lowest BCUT2D eigenvalue weighted by atomic mass is 9.97. The second-order valence-corrected chi connectivity index (χ2v) is 7.92. The lowest BCUT2D eigenvalue weighted by Gasteiger charge is -2.13. The van der Waals surface area contributed by atoms with Gasteiger partial charge in [0.25, 0.3) is 5.91 Å². The number of nitrogens with two attached hydrogens (primary N) is 1. The van der Waals surface area contributed by atoms with Crippen LogP contribution in [0.3, 0.4) is 0 Å². The normalized spacial score (nSPS) is 14.3. The second-order valence-electron chi connectivity index (χ2n) is 7.92. The van der Waals surface area contributed by atoms with Gasteiger partial charge in [-0.2, -0.15) is 0 Å². The molecule has 2 aromatic heterocycles. The number of nitrogens with zero attached hydrogens (tertiary/aromatic N) is 3. The summed E-state index contributed by atoms with van der Waals surface area (Å²) in [5.74, 6) is 5.93. The molecule has 9 heteroatoms. The highest BCUT2D eigenvalue weighted by Gasteiger charge is 2.34. The molecule has 2 aromatic carbocycles. The number of rotatable bonds is 4. The van der Waals surface area contributed by atoms with Gasteiger partial charge in [-0.15, -0.1) is 0 Å². The van der Waals surface area contributed by atoms with E-state index in [0.717, 1.165) is 16.8 Å². The predicted molar refractivity (Wildman–Crippen MR) is 131 cm³/mol. The minimum atomic E-state index is -0.494. The molecule has 9 nitrogen and oxygen atoms in total. The van der Waals surface area contributed by atoms with Crippen molar-refractivity contribution in [2.45, 2.75) is 12.6 Å². The molecule has 5 rings (SSSR count). The van der Waals surface area contributed by atoms with Crippen LogP contribution in [0.5, 0.6) is 17.2 Å². The van der Waals surface area contributed by atoms with Crippen LogP contribution in [0.2, 0.25) is 0 Å². The highest BCUT2D eigenvalue weighted by Crippen LogP contribution is 2.44. The van der Waals surface area contributed by atoms with Crippen LogP contribution in [0, 0.1) is 11.8 Å². The number of anilines is 1. The number of phenols is 1. The SMILES string of the molecule is C=C1c2c(-c3ccc(Oc4ccc(O)cc4)cc3)c3c(N)ncnc3n2C[C@H]1NC(=O)C#CCO. The Hall–Kier alpha value is -4.81. The van der Waals surface area contributed by atoms with Gasteiger partial charge in [0, 0.05) is 12.1 Å². The van der Waals surface area contributed by atoms with E-state index in [1.807, 2.05) is 28.8 Å². The van der Waals surface area contributed by atoms with Crippen LogP contribution >= 0.6 is 0 Å². The van der Waals surface area contributed by atoms with Crippen molar-refractivity contribution in [1.82, 2.24) is 19.9 Å². The van der Waals surface area contributed by atoms with Crippen LogP contribution in [0.1, 0.15) is 5.69 Å². The molecule has 0 spiro atoms. The summed E-state index contributed by atoms with van der Waals surface area (Å²) >= 11 is 0. The predicted octanol–water partition coefficient (Wildman–Crippen LogP) is 2.69. The lowest BCUT2D eigenvalue weighted by Crippen LogP contribution is -2.34. The smallest absolute Gasteiger partial charge is 0.296 e. The molecular formula is C26H21N5O4. The average molecular weight is 467 g/mol. The number of carbonyl (C=O) groups is 1. The summed E-state index contributed by atoms with van der Waals surface area (Å²) in [7, 11) is 0. The number of phenolic OH excluding ortho intramolecular Hbond substituents is 1. The van der Waals surface area contributed by atoms with Crippen molar-refractivity contribution in [3.8, 4) is 40.2 Å². The number of nitrogen functional groups attached to an aromatic ring is 1. The summed E-state index contributed by atoms with van der Waals surface area (Å²) in [6.07, 6.45) is 1.41. The first kappa shape index (κ1) is 22.0. The molecular weight excluding hydrogens is 446 g/mol. The fraction of sp³-hybridized carbons (Fsp3) is 0.115. The Morgan fingerprint density at radius 1 is 1.17 bits per heavy atom. The molecule has 3 heterocycles. The first-order valence-corrected chi connectivity index (χ1v) is 10.8. The number of carbonyl (C=O) groups excluding carboxylic acids is 1. The quantitative estimate of drug-likeness (QED) is 0.339. The Morgan fingerprint density at radius 2 is 1.86 bits per heavy atom. The third-order valence-electron chi connectivity index (χ3n) is 5.76. The van der Waals surface area contributed by atoms with Gasteiger partial charge in [-0.25, -0.2) is 9.97 Å². The van der Waals surface area contributed by atoms with E-state index < -0.39 is 12.5 Å². The van der Waals surface area contributed by atoms with Gasteiger partial charge in [0.15, 0.2) is 0 Å². The summed E-state index contributed by atoms with van der Waals surface area (Å²) < 4.78 is 7.83. The molecule has 174 valence electrons. The molecule has 1 amide bonds. The van der Waals surface area contributed by atoms with Gasteiger partial charge in [-0.3, -0.25) is 4.79 Å². The maximum Gasteiger partial charge on any atom is 0.296 e. The summed E-state index contributed by atoms with van der Waals surface area (Å²) in [4.78, 5) is 20.8. The largest absolute Gasteiger partial charge is 0.508 e. The van der Waals surface area contributed by atoms with Gasteiger partial charge >= 0.3 is 0 Å². The zero-order chi connectivity index (χ0) is 24.5. The lowest BCUT2D eigenvalue weighted by molar-refractivity contribution is -0.116. The van der Waals surface area contributed by atoms with Crippen molar-refractivity contribution < 1.29 is 19.7 Å². The van der Waals surface area contributed by atoms with Crippen LogP contribution in [0.4, 0.5) is 5.82 Å². The standard InChI is InChI=1S/C26H21N5O4/c1-15-20(30-21(34)3-2-12-32)13-31-24(15)22(23-25(27)28-14-29-26(23)31)16-4-8-18(9-5-16)35-19-10-6-17(33)7-11-19/h4-11,14,20,32-33H,1,12-13H2,(H,30,34)(H2,27,28,29)/t20-/m1/s1. The third kappa shape index (κ3) is 4.03. The Morgan fingerprint density at radius 3 is 2.54 bits per heavy atom. The zero-order valence-corrected chi connectivity index (χ0v) is 18.5. The zero-order valence-electron chi connectivity index (χ0n) is 18.5. The molecule has 0 aliphatic carbocycles. The van der Waals surface area contributed by atoms with Gasteiger partial charge in [-0.1, -0.05) is 24.6 Å². The number of benzene rings is 2. The number of aromatic nitrogens is 3. The molecule has 0 saturated heterocycles. The van der Waals surface area contributed by atoms with E-state index >= 15 is 0 Å². The van der Waals surface area contributed by atoms with Gasteiger partial charge in [0.2, 0.25) is 0 Å². The first-order chi connectivity index (χ1) is 17.0. The molecule has 0 radical (unpaired) electrons. The minimum absolute atomic E-state index is 0.164. The van der Waals surface area contributed by atoms with Crippen molar-refractivity contribution >= 4 is 28.3 Å². The van der Waals surface area contributed by atoms with E-state index in [1.165, 1.54) is 6.33 Å². The molecule has 5 N–H and O–H groups in total. The van der Waals surface area contributed by atoms with Crippen molar-refractivity contribution in [1.29, 1.82) is 0 Å². The van der Waals surface area contributed by atoms with E-state index in [4.69, 9.17) is 15.6 Å². The van der Waals surface area contributed by atoms with Crippen molar-refractivity contribution in [3.63, 3.8) is 0 Å². The number of aliphatic hydroxyl groups excluding tert-OH is 1. The number of aliphatic hydroxyl groups is 1. The first-order valence-electron chi connectivity index (χ1n) is 10.8. The van der Waals surface area contributed by atoms with Gasteiger partial charge in [-0.05, 0) is 53.5 Å². The van der Waals surface area contributed by atoms with Gasteiger partial charge in [0.05, 0.1) is 17.1 Å². The third-order valence-corrected chi connectivity index (χ3v) is 5.76. The number of amides is 1. The van der Waals surface area contributed by atoms with Crippen LogP contribution in [-0.4, -0.2) is 43.3 Å². The molecule has 0 unspecified atom stereocenters. The summed E-state index contributed by atoms with van der Waals surface area (Å²) in [6.45, 7) is 4.25. The molecule has 1 aliphatic heterocycles. The van der Waals surface area contributed by atoms with Crippen LogP contribution < -0.4 is 15.8 Å². The summed E-state index contributed by atoms with van der Waals surface area (Å²) in [5.41, 5.74) is 10.1. The maximum absolute atomic E-state index is 12.1. The van der Waals surface area contributed by atoms with Gasteiger partial charge in [0.1, 0.15) is 41.6 Å². The Kier molecular flexibility index (Phi) is 5.57. The fourth-order valence-corrected chi connectivity index (χ4v) is 4.23. The van der Waals surface area contributed by atoms with Crippen molar-refractivity contribution in [2.24, 2.45) is 0 Å². The Balaban J connectivity index is 1.52.